The Balaban J connectivity index is 1.74. The minimum Gasteiger partial charge on any atom is -0.355 e. The number of guanidine groups is 1. The first-order chi connectivity index (χ1) is 13.0. The fraction of sp³-hybridized carbons (Fsp3) is 0.579. The maximum Gasteiger partial charge on any atom is 0.234 e. The normalized spacial score (nSPS) is 16.2. The van der Waals surface area contributed by atoms with Gasteiger partial charge in [0.05, 0.1) is 6.54 Å². The molecule has 1 heterocycles. The van der Waals surface area contributed by atoms with Gasteiger partial charge in [-0.05, 0) is 37.5 Å². The van der Waals surface area contributed by atoms with E-state index in [1.54, 1.807) is 7.05 Å². The molecule has 1 aliphatic heterocycles. The first-order valence-electron chi connectivity index (χ1n) is 9.42. The largest absolute Gasteiger partial charge is 0.355 e. The average molecular weight is 381 g/mol. The van der Waals surface area contributed by atoms with Crippen LogP contribution in [-0.4, -0.2) is 56.0 Å². The Hall–Kier alpha value is -2.22. The van der Waals surface area contributed by atoms with Crippen LogP contribution in [0.15, 0.2) is 23.2 Å². The van der Waals surface area contributed by atoms with Gasteiger partial charge in [0.25, 0.3) is 0 Å². The van der Waals surface area contributed by atoms with E-state index < -0.39 is 11.6 Å². The Bertz CT molecular complexity index is 645. The molecule has 0 aliphatic carbocycles. The summed E-state index contributed by atoms with van der Waals surface area (Å²) in [5.41, 5.74) is 0.255. The van der Waals surface area contributed by atoms with E-state index in [9.17, 15) is 13.6 Å². The molecule has 0 radical (unpaired) electrons. The van der Waals surface area contributed by atoms with Gasteiger partial charge in [0, 0.05) is 44.8 Å². The summed E-state index contributed by atoms with van der Waals surface area (Å²) in [6, 6.07) is 3.62. The summed E-state index contributed by atoms with van der Waals surface area (Å²) < 4.78 is 27.0. The highest BCUT2D eigenvalue weighted by Crippen LogP contribution is 2.11. The molecule has 1 aromatic carbocycles. The van der Waals surface area contributed by atoms with E-state index in [0.29, 0.717) is 19.0 Å². The number of amides is 1. The van der Waals surface area contributed by atoms with E-state index >= 15 is 0 Å². The van der Waals surface area contributed by atoms with Gasteiger partial charge >= 0.3 is 0 Å². The summed E-state index contributed by atoms with van der Waals surface area (Å²) in [5.74, 6) is -0.295. The molecule has 1 fully saturated rings. The van der Waals surface area contributed by atoms with Gasteiger partial charge in [0.2, 0.25) is 5.91 Å². The second-order valence-electron chi connectivity index (χ2n) is 6.71. The van der Waals surface area contributed by atoms with Crippen molar-refractivity contribution in [3.05, 3.63) is 35.4 Å². The highest BCUT2D eigenvalue weighted by Gasteiger charge is 2.21. The molecule has 0 aromatic heterocycles. The van der Waals surface area contributed by atoms with Crippen LogP contribution in [-0.2, 0) is 11.3 Å². The number of hydrogen-bond donors (Lipinski definition) is 3. The number of rotatable bonds is 7. The molecule has 0 atom stereocenters. The van der Waals surface area contributed by atoms with Crippen LogP contribution < -0.4 is 16.0 Å². The van der Waals surface area contributed by atoms with Crippen LogP contribution in [0.3, 0.4) is 0 Å². The minimum absolute atomic E-state index is 0.0675. The number of carbonyl (C=O) groups excluding carboxylic acids is 1. The highest BCUT2D eigenvalue weighted by molar-refractivity contribution is 5.80. The predicted octanol–water partition coefficient (Wildman–Crippen LogP) is 1.62. The number of carbonyl (C=O) groups is 1. The van der Waals surface area contributed by atoms with E-state index in [0.717, 1.165) is 44.5 Å². The molecule has 150 valence electrons. The fourth-order valence-corrected chi connectivity index (χ4v) is 3.00. The SMILES string of the molecule is CCCNC(=O)CN1CCC(NC(=NC)NCc2cc(F)ccc2F)CC1. The molecule has 8 heteroatoms. The number of nitrogens with one attached hydrogen (secondary N) is 3. The third kappa shape index (κ3) is 7.13. The Kier molecular flexibility index (Phi) is 8.44. The van der Waals surface area contributed by atoms with Gasteiger partial charge in [-0.15, -0.1) is 0 Å². The second-order valence-corrected chi connectivity index (χ2v) is 6.71. The smallest absolute Gasteiger partial charge is 0.234 e. The van der Waals surface area contributed by atoms with Gasteiger partial charge < -0.3 is 16.0 Å². The highest BCUT2D eigenvalue weighted by atomic mass is 19.1. The van der Waals surface area contributed by atoms with Crippen molar-refractivity contribution in [1.82, 2.24) is 20.9 Å². The Labute approximate surface area is 159 Å². The van der Waals surface area contributed by atoms with Crippen molar-refractivity contribution in [2.24, 2.45) is 4.99 Å². The Morgan fingerprint density at radius 3 is 2.67 bits per heavy atom. The van der Waals surface area contributed by atoms with E-state index in [4.69, 9.17) is 0 Å². The monoisotopic (exact) mass is 381 g/mol. The first kappa shape index (κ1) is 21.1. The maximum atomic E-state index is 13.7. The van der Waals surface area contributed by atoms with Crippen LogP contribution in [0.5, 0.6) is 0 Å². The first-order valence-corrected chi connectivity index (χ1v) is 9.42. The number of hydrogen-bond acceptors (Lipinski definition) is 3. The van der Waals surface area contributed by atoms with Crippen LogP contribution in [0.25, 0.3) is 0 Å². The molecule has 27 heavy (non-hydrogen) atoms. The molecular formula is C19H29F2N5O. The number of likely N-dealkylation sites (tertiary alicyclic amines) is 1. The summed E-state index contributed by atoms with van der Waals surface area (Å²) in [6.45, 7) is 4.98. The molecule has 6 nitrogen and oxygen atoms in total. The molecule has 2 rings (SSSR count). The number of piperidine rings is 1. The lowest BCUT2D eigenvalue weighted by atomic mass is 10.1. The molecule has 3 N–H and O–H groups in total. The molecule has 0 saturated carbocycles. The van der Waals surface area contributed by atoms with E-state index in [2.05, 4.69) is 25.8 Å². The number of halogens is 2. The predicted molar refractivity (Wildman–Crippen MR) is 102 cm³/mol. The molecule has 0 spiro atoms. The van der Waals surface area contributed by atoms with Crippen LogP contribution >= 0.6 is 0 Å². The molecule has 1 aromatic rings. The quantitative estimate of drug-likeness (QED) is 0.496. The van der Waals surface area contributed by atoms with Crippen molar-refractivity contribution < 1.29 is 13.6 Å². The van der Waals surface area contributed by atoms with E-state index in [1.165, 1.54) is 6.07 Å². The zero-order valence-electron chi connectivity index (χ0n) is 16.0. The third-order valence-corrected chi connectivity index (χ3v) is 4.55. The van der Waals surface area contributed by atoms with Gasteiger partial charge in [-0.2, -0.15) is 0 Å². The summed E-state index contributed by atoms with van der Waals surface area (Å²) in [4.78, 5) is 18.1. The Morgan fingerprint density at radius 2 is 2.00 bits per heavy atom. The summed E-state index contributed by atoms with van der Waals surface area (Å²) in [5, 5.41) is 9.23. The lowest BCUT2D eigenvalue weighted by molar-refractivity contribution is -0.122. The second kappa shape index (κ2) is 10.8. The minimum atomic E-state index is -0.466. The van der Waals surface area contributed by atoms with Gasteiger partial charge in [-0.1, -0.05) is 6.92 Å². The van der Waals surface area contributed by atoms with Crippen LogP contribution in [0, 0.1) is 11.6 Å². The average Bonchev–Trinajstić information content (AvgIpc) is 2.67. The number of nitrogens with zero attached hydrogens (tertiary/aromatic N) is 2. The van der Waals surface area contributed by atoms with Crippen molar-refractivity contribution in [2.75, 3.05) is 33.2 Å². The molecule has 1 saturated heterocycles. The van der Waals surface area contributed by atoms with Gasteiger partial charge in [0.15, 0.2) is 5.96 Å². The zero-order valence-corrected chi connectivity index (χ0v) is 16.0. The van der Waals surface area contributed by atoms with Gasteiger partial charge in [-0.3, -0.25) is 14.7 Å². The summed E-state index contributed by atoms with van der Waals surface area (Å²) in [6.07, 6.45) is 2.70. The molecule has 1 amide bonds. The Morgan fingerprint density at radius 1 is 1.26 bits per heavy atom. The molecule has 0 bridgehead atoms. The standard InChI is InChI=1S/C19H29F2N5O/c1-3-8-23-18(27)13-26-9-6-16(7-10-26)25-19(22-2)24-12-14-11-15(20)4-5-17(14)21/h4-5,11,16H,3,6-10,12-13H2,1-2H3,(H,23,27)(H2,22,24,25). The number of aliphatic imine (C=N–C) groups is 1. The van der Waals surface area contributed by atoms with Crippen LogP contribution in [0.2, 0.25) is 0 Å². The summed E-state index contributed by atoms with van der Waals surface area (Å²) >= 11 is 0. The summed E-state index contributed by atoms with van der Waals surface area (Å²) in [7, 11) is 1.64. The number of benzene rings is 1. The van der Waals surface area contributed by atoms with Crippen LogP contribution in [0.4, 0.5) is 8.78 Å². The van der Waals surface area contributed by atoms with Gasteiger partial charge in [-0.25, -0.2) is 8.78 Å². The fourth-order valence-electron chi connectivity index (χ4n) is 3.00. The molecular weight excluding hydrogens is 352 g/mol. The maximum absolute atomic E-state index is 13.7. The lowest BCUT2D eigenvalue weighted by Gasteiger charge is -2.32. The lowest BCUT2D eigenvalue weighted by Crippen LogP contribution is -2.50. The van der Waals surface area contributed by atoms with Crippen molar-refractivity contribution in [3.8, 4) is 0 Å². The zero-order chi connectivity index (χ0) is 19.6. The third-order valence-electron chi connectivity index (χ3n) is 4.55. The van der Waals surface area contributed by atoms with Crippen LogP contribution in [0.1, 0.15) is 31.7 Å². The van der Waals surface area contributed by atoms with Crippen molar-refractivity contribution in [1.29, 1.82) is 0 Å². The van der Waals surface area contributed by atoms with Crippen molar-refractivity contribution >= 4 is 11.9 Å². The molecule has 1 aliphatic rings. The molecule has 0 unspecified atom stereocenters. The van der Waals surface area contributed by atoms with E-state index in [-0.39, 0.29) is 24.1 Å². The van der Waals surface area contributed by atoms with Crippen molar-refractivity contribution in [2.45, 2.75) is 38.8 Å². The van der Waals surface area contributed by atoms with Crippen molar-refractivity contribution in [3.63, 3.8) is 0 Å². The van der Waals surface area contributed by atoms with Gasteiger partial charge in [0.1, 0.15) is 11.6 Å². The topological polar surface area (TPSA) is 68.8 Å². The van der Waals surface area contributed by atoms with E-state index in [1.807, 2.05) is 6.92 Å².